The highest BCUT2D eigenvalue weighted by molar-refractivity contribution is 7.12. The molecule has 0 aliphatic rings. The number of aromatic hydroxyl groups is 1. The zero-order valence-electron chi connectivity index (χ0n) is 19.0. The number of hydrogen-bond donors (Lipinski definition) is 2. The van der Waals surface area contributed by atoms with Gasteiger partial charge in [0, 0.05) is 18.1 Å². The molecule has 2 N–H and O–H groups in total. The van der Waals surface area contributed by atoms with Gasteiger partial charge in [0.05, 0.1) is 21.6 Å². The lowest BCUT2D eigenvalue weighted by Crippen LogP contribution is -2.10. The summed E-state index contributed by atoms with van der Waals surface area (Å²) in [6.45, 7) is 5.09. The molecule has 0 unspecified atom stereocenters. The van der Waals surface area contributed by atoms with E-state index in [1.807, 2.05) is 41.8 Å². The molecule has 4 aromatic rings. The normalized spacial score (nSPS) is 11.6. The highest BCUT2D eigenvalue weighted by Gasteiger charge is 2.18. The van der Waals surface area contributed by atoms with E-state index in [4.69, 9.17) is 0 Å². The molecule has 0 saturated carbocycles. The van der Waals surface area contributed by atoms with E-state index in [2.05, 4.69) is 36.3 Å². The molecule has 2 heterocycles. The van der Waals surface area contributed by atoms with E-state index in [-0.39, 0.29) is 11.5 Å². The Hall–Kier alpha value is -3.44. The number of anilines is 1. The van der Waals surface area contributed by atoms with E-state index in [1.54, 1.807) is 18.3 Å². The maximum Gasteiger partial charge on any atom is 0.206 e. The SMILES string of the molecule is CCC(C)=CCCCNc1c(C(=O)c2cccs2)cnc2ccc(-c3ccc(O)cc3)cc12. The number of carbonyl (C=O) groups is 1. The van der Waals surface area contributed by atoms with E-state index in [0.717, 1.165) is 53.5 Å². The third-order valence-corrected chi connectivity index (χ3v) is 6.66. The van der Waals surface area contributed by atoms with E-state index < -0.39 is 0 Å². The quantitative estimate of drug-likeness (QED) is 0.156. The van der Waals surface area contributed by atoms with Gasteiger partial charge in [-0.2, -0.15) is 0 Å². The summed E-state index contributed by atoms with van der Waals surface area (Å²) >= 11 is 1.44. The fraction of sp³-hybridized carbons (Fsp3) is 0.214. The average molecular weight is 457 g/mol. The van der Waals surface area contributed by atoms with Crippen LogP contribution in [0.5, 0.6) is 5.75 Å². The van der Waals surface area contributed by atoms with Gasteiger partial charge < -0.3 is 10.4 Å². The zero-order valence-corrected chi connectivity index (χ0v) is 19.8. The number of phenolic OH excluding ortho intramolecular Hbond substituents is 1. The van der Waals surface area contributed by atoms with Crippen molar-refractivity contribution in [3.8, 4) is 16.9 Å². The van der Waals surface area contributed by atoms with Gasteiger partial charge in [0.1, 0.15) is 5.75 Å². The number of benzene rings is 2. The molecule has 4 rings (SSSR count). The van der Waals surface area contributed by atoms with Crippen LogP contribution in [-0.2, 0) is 0 Å². The van der Waals surface area contributed by atoms with Crippen molar-refractivity contribution in [2.75, 3.05) is 11.9 Å². The Labute approximate surface area is 198 Å². The molecule has 0 atom stereocenters. The minimum atomic E-state index is -0.0151. The first-order chi connectivity index (χ1) is 16.1. The first-order valence-corrected chi connectivity index (χ1v) is 12.1. The number of thiophene rings is 1. The number of pyridine rings is 1. The number of phenols is 1. The predicted octanol–water partition coefficient (Wildman–Crippen LogP) is 7.45. The minimum Gasteiger partial charge on any atom is -0.508 e. The van der Waals surface area contributed by atoms with Gasteiger partial charge in [0.25, 0.3) is 0 Å². The maximum atomic E-state index is 13.3. The highest BCUT2D eigenvalue weighted by atomic mass is 32.1. The third kappa shape index (κ3) is 5.32. The standard InChI is InChI=1S/C28H28N2O2S/c1-3-19(2)7-4-5-15-29-27-23-17-21(20-9-12-22(31)13-10-20)11-14-25(23)30-18-24(27)28(32)26-8-6-16-33-26/h6-14,16-18,31H,3-5,15H2,1-2H3,(H,29,30). The van der Waals surface area contributed by atoms with Gasteiger partial charge in [-0.1, -0.05) is 42.8 Å². The van der Waals surface area contributed by atoms with Gasteiger partial charge in [-0.05, 0) is 73.0 Å². The van der Waals surface area contributed by atoms with Crippen LogP contribution in [0.15, 0.2) is 77.8 Å². The summed E-state index contributed by atoms with van der Waals surface area (Å²) in [6.07, 6.45) is 7.02. The summed E-state index contributed by atoms with van der Waals surface area (Å²) in [5, 5.41) is 16.0. The number of aromatic nitrogens is 1. The lowest BCUT2D eigenvalue weighted by molar-refractivity contribution is 0.104. The van der Waals surface area contributed by atoms with Crippen LogP contribution in [0.4, 0.5) is 5.69 Å². The first kappa shape index (κ1) is 22.7. The minimum absolute atomic E-state index is 0.0151. The Morgan fingerprint density at radius 3 is 2.64 bits per heavy atom. The van der Waals surface area contributed by atoms with Crippen molar-refractivity contribution in [3.63, 3.8) is 0 Å². The number of fused-ring (bicyclic) bond motifs is 1. The van der Waals surface area contributed by atoms with Gasteiger partial charge in [0.2, 0.25) is 5.78 Å². The number of allylic oxidation sites excluding steroid dienone is 2. The molecule has 0 bridgehead atoms. The molecular formula is C28H28N2O2S. The van der Waals surface area contributed by atoms with Gasteiger partial charge in [-0.15, -0.1) is 11.3 Å². The van der Waals surface area contributed by atoms with Crippen molar-refractivity contribution in [1.82, 2.24) is 4.98 Å². The monoisotopic (exact) mass is 456 g/mol. The summed E-state index contributed by atoms with van der Waals surface area (Å²) in [5.74, 6) is 0.221. The highest BCUT2D eigenvalue weighted by Crippen LogP contribution is 2.33. The van der Waals surface area contributed by atoms with Crippen LogP contribution in [0.3, 0.4) is 0 Å². The molecule has 4 nitrogen and oxygen atoms in total. The molecule has 0 radical (unpaired) electrons. The largest absolute Gasteiger partial charge is 0.508 e. The number of rotatable bonds is 9. The number of nitrogens with one attached hydrogen (secondary N) is 1. The molecule has 5 heteroatoms. The van der Waals surface area contributed by atoms with Crippen molar-refractivity contribution in [2.45, 2.75) is 33.1 Å². The van der Waals surface area contributed by atoms with Crippen LogP contribution in [0.25, 0.3) is 22.0 Å². The zero-order chi connectivity index (χ0) is 23.2. The lowest BCUT2D eigenvalue weighted by Gasteiger charge is -2.15. The van der Waals surface area contributed by atoms with Crippen molar-refractivity contribution in [2.24, 2.45) is 0 Å². The lowest BCUT2D eigenvalue weighted by atomic mass is 9.99. The predicted molar refractivity (Wildman–Crippen MR) is 138 cm³/mol. The molecular weight excluding hydrogens is 428 g/mol. The van der Waals surface area contributed by atoms with Gasteiger partial charge in [-0.25, -0.2) is 0 Å². The van der Waals surface area contributed by atoms with Crippen LogP contribution < -0.4 is 5.32 Å². The van der Waals surface area contributed by atoms with E-state index >= 15 is 0 Å². The van der Waals surface area contributed by atoms with Gasteiger partial charge >= 0.3 is 0 Å². The molecule has 0 aliphatic heterocycles. The average Bonchev–Trinajstić information content (AvgIpc) is 3.38. The summed E-state index contributed by atoms with van der Waals surface area (Å²) in [5.41, 5.74) is 5.66. The second-order valence-corrected chi connectivity index (χ2v) is 9.05. The fourth-order valence-electron chi connectivity index (χ4n) is 3.74. The Kier molecular flexibility index (Phi) is 7.20. The third-order valence-electron chi connectivity index (χ3n) is 5.79. The molecule has 2 aromatic heterocycles. The molecule has 0 fully saturated rings. The van der Waals surface area contributed by atoms with Gasteiger partial charge in [-0.3, -0.25) is 9.78 Å². The smallest absolute Gasteiger partial charge is 0.206 e. The molecule has 0 amide bonds. The number of carbonyl (C=O) groups excluding carboxylic acids is 1. The van der Waals surface area contributed by atoms with Crippen LogP contribution >= 0.6 is 11.3 Å². The summed E-state index contributed by atoms with van der Waals surface area (Å²) in [4.78, 5) is 18.6. The summed E-state index contributed by atoms with van der Waals surface area (Å²) in [6, 6.07) is 17.0. The maximum absolute atomic E-state index is 13.3. The molecule has 0 aliphatic carbocycles. The first-order valence-electron chi connectivity index (χ1n) is 11.3. The molecule has 0 saturated heterocycles. The van der Waals surface area contributed by atoms with Crippen molar-refractivity contribution >= 4 is 33.7 Å². The fourth-order valence-corrected chi connectivity index (χ4v) is 4.42. The Morgan fingerprint density at radius 2 is 1.91 bits per heavy atom. The molecule has 168 valence electrons. The Balaban J connectivity index is 1.72. The summed E-state index contributed by atoms with van der Waals surface area (Å²) in [7, 11) is 0. The number of ketones is 1. The number of hydrogen-bond acceptors (Lipinski definition) is 5. The Morgan fingerprint density at radius 1 is 1.12 bits per heavy atom. The van der Waals surface area contributed by atoms with E-state index in [0.29, 0.717) is 10.4 Å². The number of nitrogens with zero attached hydrogens (tertiary/aromatic N) is 1. The van der Waals surface area contributed by atoms with E-state index in [9.17, 15) is 9.90 Å². The van der Waals surface area contributed by atoms with E-state index in [1.165, 1.54) is 16.9 Å². The Bertz CT molecular complexity index is 1280. The second-order valence-electron chi connectivity index (χ2n) is 8.11. The molecule has 33 heavy (non-hydrogen) atoms. The van der Waals surface area contributed by atoms with Crippen molar-refractivity contribution < 1.29 is 9.90 Å². The van der Waals surface area contributed by atoms with Crippen LogP contribution in [0, 0.1) is 0 Å². The van der Waals surface area contributed by atoms with Crippen LogP contribution in [0.1, 0.15) is 48.3 Å². The molecule has 0 spiro atoms. The summed E-state index contributed by atoms with van der Waals surface area (Å²) < 4.78 is 0. The van der Waals surface area contributed by atoms with Crippen LogP contribution in [0.2, 0.25) is 0 Å². The topological polar surface area (TPSA) is 62.2 Å². The van der Waals surface area contributed by atoms with Crippen molar-refractivity contribution in [1.29, 1.82) is 0 Å². The number of unbranched alkanes of at least 4 members (excludes halogenated alkanes) is 1. The molecule has 2 aromatic carbocycles. The van der Waals surface area contributed by atoms with Gasteiger partial charge in [0.15, 0.2) is 0 Å². The second kappa shape index (κ2) is 10.5. The van der Waals surface area contributed by atoms with Crippen molar-refractivity contribution in [3.05, 3.63) is 88.3 Å². The van der Waals surface area contributed by atoms with Crippen LogP contribution in [-0.4, -0.2) is 22.4 Å².